The molecule has 12 heteroatoms. The zero-order valence-corrected chi connectivity index (χ0v) is 30.2. The van der Waals surface area contributed by atoms with Crippen molar-refractivity contribution in [1.29, 1.82) is 0 Å². The predicted octanol–water partition coefficient (Wildman–Crippen LogP) is 5.09. The molecule has 1 aliphatic rings. The zero-order valence-electron chi connectivity index (χ0n) is 28.6. The van der Waals surface area contributed by atoms with Crippen LogP contribution in [0.2, 0.25) is 0 Å². The summed E-state index contributed by atoms with van der Waals surface area (Å²) >= 11 is 3.60. The third-order valence-corrected chi connectivity index (χ3v) is 11.0. The number of fused-ring (bicyclic) bond motifs is 6. The molecule has 2 N–H and O–H groups in total. The van der Waals surface area contributed by atoms with Gasteiger partial charge in [0, 0.05) is 61.6 Å². The first-order valence-corrected chi connectivity index (χ1v) is 19.0. The van der Waals surface area contributed by atoms with Gasteiger partial charge in [0.1, 0.15) is 11.4 Å². The first kappa shape index (κ1) is 36.0. The summed E-state index contributed by atoms with van der Waals surface area (Å²) in [6.07, 6.45) is 11.5. The molecule has 0 spiro atoms. The molecule has 0 aliphatic carbocycles. The fraction of sp³-hybridized carbons (Fsp3) is 0.647. The Labute approximate surface area is 282 Å². The Morgan fingerprint density at radius 2 is 1.09 bits per heavy atom. The molecule has 0 unspecified atom stereocenters. The van der Waals surface area contributed by atoms with Gasteiger partial charge in [-0.3, -0.25) is 13.9 Å². The number of rotatable bonds is 0. The molecule has 3 aromatic rings. The third-order valence-electron chi connectivity index (χ3n) is 8.72. The van der Waals surface area contributed by atoms with E-state index in [2.05, 4.69) is 59.8 Å². The van der Waals surface area contributed by atoms with E-state index in [1.165, 1.54) is 16.0 Å². The van der Waals surface area contributed by atoms with Crippen molar-refractivity contribution in [3.8, 4) is 0 Å². The number of anilines is 2. The first-order chi connectivity index (χ1) is 22.2. The lowest BCUT2D eigenvalue weighted by Crippen LogP contribution is -2.40. The highest BCUT2D eigenvalue weighted by Gasteiger charge is 2.18. The Morgan fingerprint density at radius 1 is 0.630 bits per heavy atom. The van der Waals surface area contributed by atoms with E-state index in [9.17, 15) is 9.59 Å². The highest BCUT2D eigenvalue weighted by Crippen LogP contribution is 2.19. The van der Waals surface area contributed by atoms with Crippen molar-refractivity contribution in [1.82, 2.24) is 19.1 Å². The number of aromatic nitrogens is 6. The van der Waals surface area contributed by atoms with Gasteiger partial charge in [-0.05, 0) is 99.2 Å². The fourth-order valence-electron chi connectivity index (χ4n) is 5.59. The zero-order chi connectivity index (χ0) is 32.9. The highest BCUT2D eigenvalue weighted by molar-refractivity contribution is 7.99. The molecular weight excluding hydrogens is 617 g/mol. The van der Waals surface area contributed by atoms with Crippen LogP contribution in [0.25, 0.3) is 0 Å². The van der Waals surface area contributed by atoms with Crippen molar-refractivity contribution in [3.05, 3.63) is 56.1 Å². The Hall–Kier alpha value is -2.86. The maximum Gasteiger partial charge on any atom is 0.361 e. The first-order valence-electron chi connectivity index (χ1n) is 17.0. The third kappa shape index (κ3) is 10.6. The SMILES string of the molecule is Cc1cc(=O)n2c(=O)n1CCCCCCSc1nc(cc(C)[n+]1C)NCCCCCNc1cc(C)[n+](C)c(n1)SCCCCCC2. The summed E-state index contributed by atoms with van der Waals surface area (Å²) in [4.78, 5) is 35.7. The standard InChI is InChI=1S/C34H52N8O2S2/c1-26-23-29-35-17-11-10-12-18-36-30-24-27(2)40(5)33(38-30)46-22-16-9-7-14-20-42-31(43)25-28(3)41(34(42)44)19-13-6-8-15-21-45-32(37-29)39(26)4/h23-25H,6-22H2,1-5H3/p+2. The largest absolute Gasteiger partial charge is 0.361 e. The Balaban J connectivity index is 1.40. The summed E-state index contributed by atoms with van der Waals surface area (Å²) in [6.45, 7) is 9.06. The van der Waals surface area contributed by atoms with Crippen LogP contribution in [-0.4, -0.2) is 43.7 Å². The quantitative estimate of drug-likeness (QED) is 0.252. The molecule has 0 fully saturated rings. The molecule has 10 nitrogen and oxygen atoms in total. The molecule has 0 radical (unpaired) electrons. The van der Waals surface area contributed by atoms with Crippen molar-refractivity contribution < 1.29 is 9.13 Å². The molecule has 0 aromatic carbocycles. The summed E-state index contributed by atoms with van der Waals surface area (Å²) in [5, 5.41) is 9.13. The molecule has 0 atom stereocenters. The second-order valence-corrected chi connectivity index (χ2v) is 14.5. The normalized spacial score (nSPS) is 17.0. The van der Waals surface area contributed by atoms with Crippen LogP contribution in [0.15, 0.2) is 38.1 Å². The summed E-state index contributed by atoms with van der Waals surface area (Å²) in [5.74, 6) is 3.88. The van der Waals surface area contributed by atoms with Crippen molar-refractivity contribution >= 4 is 35.2 Å². The molecule has 3 aromatic heterocycles. The van der Waals surface area contributed by atoms with E-state index in [0.29, 0.717) is 13.1 Å². The molecular formula is C34H54N8O2S2+2. The van der Waals surface area contributed by atoms with Crippen LogP contribution in [0.1, 0.15) is 87.7 Å². The van der Waals surface area contributed by atoms with Crippen molar-refractivity contribution in [2.45, 2.75) is 115 Å². The van der Waals surface area contributed by atoms with Gasteiger partial charge in [0.05, 0.1) is 14.1 Å². The van der Waals surface area contributed by atoms with Gasteiger partial charge in [0.15, 0.2) is 0 Å². The molecule has 252 valence electrons. The van der Waals surface area contributed by atoms with Crippen molar-refractivity contribution in [2.75, 3.05) is 35.2 Å². The summed E-state index contributed by atoms with van der Waals surface area (Å²) in [5.41, 5.74) is 2.77. The lowest BCUT2D eigenvalue weighted by molar-refractivity contribution is -0.718. The van der Waals surface area contributed by atoms with Gasteiger partial charge < -0.3 is 10.6 Å². The average Bonchev–Trinajstić information content (AvgIpc) is 3.02. The predicted molar refractivity (Wildman–Crippen MR) is 189 cm³/mol. The number of thioether (sulfide) groups is 2. The number of nitrogens with zero attached hydrogens (tertiary/aromatic N) is 6. The van der Waals surface area contributed by atoms with E-state index in [4.69, 9.17) is 9.97 Å². The molecule has 4 rings (SSSR count). The van der Waals surface area contributed by atoms with E-state index in [1.807, 2.05) is 6.92 Å². The second-order valence-electron chi connectivity index (χ2n) is 12.4. The summed E-state index contributed by atoms with van der Waals surface area (Å²) in [7, 11) is 4.15. The molecule has 6 bridgehead atoms. The van der Waals surface area contributed by atoms with Crippen LogP contribution in [0.5, 0.6) is 0 Å². The fourth-order valence-corrected chi connectivity index (χ4v) is 7.66. The molecule has 1 aliphatic heterocycles. The van der Waals surface area contributed by atoms with Gasteiger partial charge in [-0.25, -0.2) is 13.9 Å². The Morgan fingerprint density at radius 3 is 1.61 bits per heavy atom. The smallest absolute Gasteiger partial charge is 0.349 e. The number of nitrogens with one attached hydrogen (secondary N) is 2. The van der Waals surface area contributed by atoms with Crippen LogP contribution in [-0.2, 0) is 27.2 Å². The van der Waals surface area contributed by atoms with Crippen LogP contribution in [0, 0.1) is 20.8 Å². The van der Waals surface area contributed by atoms with Crippen LogP contribution in [0.4, 0.5) is 11.6 Å². The topological polar surface area (TPSA) is 102 Å². The summed E-state index contributed by atoms with van der Waals surface area (Å²) < 4.78 is 7.54. The maximum atomic E-state index is 13.2. The van der Waals surface area contributed by atoms with Gasteiger partial charge in [0.2, 0.25) is 11.6 Å². The molecule has 4 heterocycles. The summed E-state index contributed by atoms with van der Waals surface area (Å²) in [6, 6.07) is 5.86. The van der Waals surface area contributed by atoms with E-state index in [0.717, 1.165) is 123 Å². The van der Waals surface area contributed by atoms with Gasteiger partial charge in [-0.1, -0.05) is 25.7 Å². The minimum Gasteiger partial charge on any atom is -0.349 e. The average molecular weight is 671 g/mol. The van der Waals surface area contributed by atoms with Gasteiger partial charge in [-0.15, -0.1) is 0 Å². The Bertz CT molecular complexity index is 1560. The minimum absolute atomic E-state index is 0.166. The number of hydrogen-bond donors (Lipinski definition) is 2. The van der Waals surface area contributed by atoms with Crippen molar-refractivity contribution in [3.63, 3.8) is 0 Å². The van der Waals surface area contributed by atoms with Gasteiger partial charge in [0.25, 0.3) is 5.56 Å². The van der Waals surface area contributed by atoms with E-state index in [-0.39, 0.29) is 11.2 Å². The van der Waals surface area contributed by atoms with Gasteiger partial charge >= 0.3 is 16.0 Å². The lowest BCUT2D eigenvalue weighted by Gasteiger charge is -2.13. The van der Waals surface area contributed by atoms with Crippen LogP contribution in [0.3, 0.4) is 0 Å². The van der Waals surface area contributed by atoms with Crippen LogP contribution >= 0.6 is 23.5 Å². The number of hydrogen-bond acceptors (Lipinski definition) is 8. The second kappa shape index (κ2) is 18.5. The monoisotopic (exact) mass is 670 g/mol. The molecule has 0 saturated carbocycles. The minimum atomic E-state index is -0.184. The molecule has 46 heavy (non-hydrogen) atoms. The molecule has 0 amide bonds. The van der Waals surface area contributed by atoms with Crippen LogP contribution < -0.4 is 31.0 Å². The van der Waals surface area contributed by atoms with Crippen molar-refractivity contribution in [2.24, 2.45) is 14.1 Å². The maximum absolute atomic E-state index is 13.2. The van der Waals surface area contributed by atoms with E-state index < -0.39 is 0 Å². The Kier molecular flexibility index (Phi) is 14.4. The van der Waals surface area contributed by atoms with E-state index >= 15 is 0 Å². The number of aryl methyl sites for hydroxylation is 3. The van der Waals surface area contributed by atoms with Gasteiger partial charge in [-0.2, -0.15) is 0 Å². The highest BCUT2D eigenvalue weighted by atomic mass is 32.2. The lowest BCUT2D eigenvalue weighted by atomic mass is 10.2. The van der Waals surface area contributed by atoms with E-state index in [1.54, 1.807) is 34.2 Å². The molecule has 0 saturated heterocycles.